The van der Waals surface area contributed by atoms with Crippen molar-refractivity contribution in [3.05, 3.63) is 71.3 Å². The fourth-order valence-corrected chi connectivity index (χ4v) is 2.60. The van der Waals surface area contributed by atoms with Crippen molar-refractivity contribution in [2.24, 2.45) is 0 Å². The molecule has 7 heteroatoms. The van der Waals surface area contributed by atoms with Crippen molar-refractivity contribution in [2.75, 3.05) is 20.0 Å². The number of thioether (sulfide) groups is 1. The van der Waals surface area contributed by atoms with Crippen LogP contribution < -0.4 is 5.32 Å². The maximum absolute atomic E-state index is 11.8. The molecule has 0 unspecified atom stereocenters. The molecular weight excluding hydrogens is 378 g/mol. The zero-order valence-electron chi connectivity index (χ0n) is 15.6. The number of carbonyl (C=O) groups is 3. The summed E-state index contributed by atoms with van der Waals surface area (Å²) >= 11 is 1.64. The molecule has 0 saturated carbocycles. The second-order valence-electron chi connectivity index (χ2n) is 5.68. The van der Waals surface area contributed by atoms with E-state index >= 15 is 0 Å². The molecule has 2 aromatic carbocycles. The van der Waals surface area contributed by atoms with Crippen molar-refractivity contribution < 1.29 is 23.9 Å². The number of amides is 1. The van der Waals surface area contributed by atoms with Gasteiger partial charge in [0.15, 0.2) is 6.61 Å². The van der Waals surface area contributed by atoms with Crippen LogP contribution in [0.4, 0.5) is 0 Å². The molecule has 0 aliphatic heterocycles. The maximum Gasteiger partial charge on any atom is 0.337 e. The van der Waals surface area contributed by atoms with Gasteiger partial charge in [-0.2, -0.15) is 0 Å². The van der Waals surface area contributed by atoms with Crippen LogP contribution in [0, 0.1) is 0 Å². The summed E-state index contributed by atoms with van der Waals surface area (Å²) < 4.78 is 9.54. The van der Waals surface area contributed by atoms with Gasteiger partial charge in [-0.05, 0) is 47.7 Å². The van der Waals surface area contributed by atoms with E-state index < -0.39 is 17.8 Å². The second-order valence-corrected chi connectivity index (χ2v) is 6.56. The Hall–Kier alpha value is -3.06. The van der Waals surface area contributed by atoms with Gasteiger partial charge in [0.2, 0.25) is 0 Å². The van der Waals surface area contributed by atoms with E-state index in [2.05, 4.69) is 10.1 Å². The lowest BCUT2D eigenvalue weighted by molar-refractivity contribution is -0.143. The van der Waals surface area contributed by atoms with Crippen LogP contribution in [0.2, 0.25) is 0 Å². The van der Waals surface area contributed by atoms with Crippen molar-refractivity contribution in [1.29, 1.82) is 0 Å². The maximum atomic E-state index is 11.8. The third kappa shape index (κ3) is 6.92. The van der Waals surface area contributed by atoms with Gasteiger partial charge in [0.25, 0.3) is 5.91 Å². The number of rotatable bonds is 8. The number of hydrogen-bond acceptors (Lipinski definition) is 6. The van der Waals surface area contributed by atoms with Crippen LogP contribution in [0.25, 0.3) is 6.08 Å². The summed E-state index contributed by atoms with van der Waals surface area (Å²) in [6.45, 7) is -0.107. The fourth-order valence-electron chi connectivity index (χ4n) is 2.19. The molecule has 0 aliphatic rings. The molecule has 0 aromatic heterocycles. The fraction of sp³-hybridized carbons (Fsp3) is 0.190. The molecule has 1 amide bonds. The normalized spacial score (nSPS) is 10.5. The molecule has 6 nitrogen and oxygen atoms in total. The average molecular weight is 399 g/mol. The van der Waals surface area contributed by atoms with E-state index in [0.717, 1.165) is 16.0 Å². The van der Waals surface area contributed by atoms with Gasteiger partial charge >= 0.3 is 11.9 Å². The lowest BCUT2D eigenvalue weighted by atomic mass is 10.1. The summed E-state index contributed by atoms with van der Waals surface area (Å²) in [5, 5.41) is 2.64. The Morgan fingerprint density at radius 1 is 1.04 bits per heavy atom. The molecule has 2 aromatic rings. The third-order valence-corrected chi connectivity index (χ3v) is 4.48. The van der Waals surface area contributed by atoms with E-state index in [4.69, 9.17) is 4.74 Å². The van der Waals surface area contributed by atoms with Crippen LogP contribution in [0.3, 0.4) is 0 Å². The number of carbonyl (C=O) groups excluding carboxylic acids is 3. The molecule has 28 heavy (non-hydrogen) atoms. The summed E-state index contributed by atoms with van der Waals surface area (Å²) in [5.74, 6) is -1.43. The van der Waals surface area contributed by atoms with Crippen LogP contribution in [0.5, 0.6) is 0 Å². The molecule has 0 spiro atoms. The van der Waals surface area contributed by atoms with Gasteiger partial charge in [0.05, 0.1) is 12.7 Å². The number of methoxy groups -OCH3 is 1. The standard InChI is InChI=1S/C21H21NO5S/c1-26-21(25)17-8-3-16(4-9-17)13-22-19(23)14-27-20(24)12-7-15-5-10-18(28-2)11-6-15/h3-12H,13-14H2,1-2H3,(H,22,23)/b12-7+. The molecule has 1 N–H and O–H groups in total. The third-order valence-electron chi connectivity index (χ3n) is 3.74. The van der Waals surface area contributed by atoms with Gasteiger partial charge in [0, 0.05) is 17.5 Å². The second kappa shape index (κ2) is 10.9. The molecule has 2 rings (SSSR count). The molecule has 146 valence electrons. The minimum absolute atomic E-state index is 0.259. The number of esters is 2. The van der Waals surface area contributed by atoms with E-state index in [1.807, 2.05) is 30.5 Å². The minimum Gasteiger partial charge on any atom is -0.465 e. The molecule has 0 atom stereocenters. The Morgan fingerprint density at radius 3 is 2.32 bits per heavy atom. The zero-order valence-corrected chi connectivity index (χ0v) is 16.5. The van der Waals surface area contributed by atoms with Crippen molar-refractivity contribution >= 4 is 35.7 Å². The van der Waals surface area contributed by atoms with E-state index in [1.165, 1.54) is 13.2 Å². The van der Waals surface area contributed by atoms with Crippen molar-refractivity contribution in [3.63, 3.8) is 0 Å². The van der Waals surface area contributed by atoms with Crippen LogP contribution in [0.15, 0.2) is 59.5 Å². The van der Waals surface area contributed by atoms with E-state index in [-0.39, 0.29) is 13.2 Å². The average Bonchev–Trinajstić information content (AvgIpc) is 2.74. The highest BCUT2D eigenvalue weighted by Crippen LogP contribution is 2.15. The quantitative estimate of drug-likeness (QED) is 0.417. The monoisotopic (exact) mass is 399 g/mol. The van der Waals surface area contributed by atoms with Crippen molar-refractivity contribution in [1.82, 2.24) is 5.32 Å². The Kier molecular flexibility index (Phi) is 8.30. The SMILES string of the molecule is COC(=O)c1ccc(CNC(=O)COC(=O)/C=C/c2ccc(SC)cc2)cc1. The molecule has 0 heterocycles. The number of nitrogens with one attached hydrogen (secondary N) is 1. The topological polar surface area (TPSA) is 81.7 Å². The van der Waals surface area contributed by atoms with Gasteiger partial charge < -0.3 is 14.8 Å². The van der Waals surface area contributed by atoms with Gasteiger partial charge in [-0.15, -0.1) is 11.8 Å². The minimum atomic E-state index is -0.591. The van der Waals surface area contributed by atoms with Crippen LogP contribution in [-0.2, 0) is 25.6 Å². The highest BCUT2D eigenvalue weighted by atomic mass is 32.2. The predicted molar refractivity (Wildman–Crippen MR) is 108 cm³/mol. The number of ether oxygens (including phenoxy) is 2. The van der Waals surface area contributed by atoms with Crippen LogP contribution >= 0.6 is 11.8 Å². The highest BCUT2D eigenvalue weighted by Gasteiger charge is 2.07. The van der Waals surface area contributed by atoms with Crippen LogP contribution in [0.1, 0.15) is 21.5 Å². The lowest BCUT2D eigenvalue weighted by Gasteiger charge is -2.06. The first-order valence-corrected chi connectivity index (χ1v) is 9.67. The predicted octanol–water partition coefficient (Wildman–Crippen LogP) is 3.07. The van der Waals surface area contributed by atoms with Crippen LogP contribution in [-0.4, -0.2) is 37.8 Å². The zero-order chi connectivity index (χ0) is 20.4. The van der Waals surface area contributed by atoms with Crippen molar-refractivity contribution in [3.8, 4) is 0 Å². The van der Waals surface area contributed by atoms with E-state index in [1.54, 1.807) is 42.1 Å². The van der Waals surface area contributed by atoms with Crippen molar-refractivity contribution in [2.45, 2.75) is 11.4 Å². The molecule has 0 saturated heterocycles. The Bertz CT molecular complexity index is 844. The summed E-state index contributed by atoms with van der Waals surface area (Å²) in [5.41, 5.74) is 2.11. The Balaban J connectivity index is 1.73. The first-order valence-electron chi connectivity index (χ1n) is 8.44. The first-order chi connectivity index (χ1) is 13.5. The van der Waals surface area contributed by atoms with Gasteiger partial charge in [-0.1, -0.05) is 24.3 Å². The van der Waals surface area contributed by atoms with Gasteiger partial charge in [-0.3, -0.25) is 4.79 Å². The largest absolute Gasteiger partial charge is 0.465 e. The summed E-state index contributed by atoms with van der Waals surface area (Å²) in [6, 6.07) is 14.4. The molecule has 0 fully saturated rings. The number of hydrogen-bond donors (Lipinski definition) is 1. The van der Waals surface area contributed by atoms with E-state index in [9.17, 15) is 14.4 Å². The molecule has 0 bridgehead atoms. The van der Waals surface area contributed by atoms with Gasteiger partial charge in [-0.25, -0.2) is 9.59 Å². The smallest absolute Gasteiger partial charge is 0.337 e. The Labute approximate surface area is 167 Å². The lowest BCUT2D eigenvalue weighted by Crippen LogP contribution is -2.28. The summed E-state index contributed by atoms with van der Waals surface area (Å²) in [7, 11) is 1.31. The summed E-state index contributed by atoms with van der Waals surface area (Å²) in [4.78, 5) is 36.0. The Morgan fingerprint density at radius 2 is 1.71 bits per heavy atom. The van der Waals surface area contributed by atoms with Gasteiger partial charge in [0.1, 0.15) is 0 Å². The first kappa shape index (κ1) is 21.2. The van der Waals surface area contributed by atoms with E-state index in [0.29, 0.717) is 5.56 Å². The highest BCUT2D eigenvalue weighted by molar-refractivity contribution is 7.98. The molecular formula is C21H21NO5S. The summed E-state index contributed by atoms with van der Waals surface area (Å²) in [6.07, 6.45) is 4.91. The molecule has 0 aliphatic carbocycles. The number of benzene rings is 2. The molecule has 0 radical (unpaired) electrons.